The van der Waals surface area contributed by atoms with Gasteiger partial charge in [0.2, 0.25) is 0 Å². The van der Waals surface area contributed by atoms with Crippen LogP contribution in [0.5, 0.6) is 0 Å². The number of rotatable bonds is 7. The van der Waals surface area contributed by atoms with Gasteiger partial charge in [-0.15, -0.1) is 0 Å². The second-order valence-corrected chi connectivity index (χ2v) is 7.47. The molecule has 6 nitrogen and oxygen atoms in total. The van der Waals surface area contributed by atoms with Crippen LogP contribution in [-0.4, -0.2) is 27.6 Å². The molecule has 2 N–H and O–H groups in total. The Labute approximate surface area is 175 Å². The molecule has 0 atom stereocenters. The zero-order valence-corrected chi connectivity index (χ0v) is 17.4. The number of nitrogen functional groups attached to an aromatic ring is 1. The second kappa shape index (κ2) is 8.53. The van der Waals surface area contributed by atoms with E-state index in [0.717, 1.165) is 59.0 Å². The molecule has 0 fully saturated rings. The van der Waals surface area contributed by atoms with Crippen molar-refractivity contribution >= 4 is 33.7 Å². The number of aryl methyl sites for hydroxylation is 1. The van der Waals surface area contributed by atoms with Gasteiger partial charge >= 0.3 is 5.97 Å². The van der Waals surface area contributed by atoms with Gasteiger partial charge in [-0.25, -0.2) is 14.8 Å². The predicted molar refractivity (Wildman–Crippen MR) is 120 cm³/mol. The van der Waals surface area contributed by atoms with Crippen molar-refractivity contribution in [3.63, 3.8) is 0 Å². The highest BCUT2D eigenvalue weighted by Crippen LogP contribution is 2.30. The third-order valence-corrected chi connectivity index (χ3v) is 5.41. The summed E-state index contributed by atoms with van der Waals surface area (Å²) >= 11 is 0. The number of hydrogen-bond donors (Lipinski definition) is 1. The van der Waals surface area contributed by atoms with E-state index in [1.165, 1.54) is 7.11 Å². The van der Waals surface area contributed by atoms with Crippen LogP contribution in [0.4, 0.5) is 5.82 Å². The Balaban J connectivity index is 1.83. The number of carbonyl (C=O) groups is 1. The van der Waals surface area contributed by atoms with Gasteiger partial charge in [0.15, 0.2) is 5.82 Å². The van der Waals surface area contributed by atoms with E-state index in [9.17, 15) is 4.79 Å². The van der Waals surface area contributed by atoms with Crippen molar-refractivity contribution in [2.45, 2.75) is 39.2 Å². The SMILES string of the molecule is CCCCCc1nc2c(N)nc3ccccc3c2n1Cc1ccc(C(=O)OC)cc1. The zero-order valence-electron chi connectivity index (χ0n) is 17.4. The number of para-hydroxylation sites is 1. The number of ether oxygens (including phenoxy) is 1. The third-order valence-electron chi connectivity index (χ3n) is 5.41. The number of benzene rings is 2. The van der Waals surface area contributed by atoms with Crippen molar-refractivity contribution in [1.82, 2.24) is 14.5 Å². The van der Waals surface area contributed by atoms with E-state index in [4.69, 9.17) is 15.5 Å². The lowest BCUT2D eigenvalue weighted by Gasteiger charge is -2.12. The normalized spacial score (nSPS) is 11.3. The minimum Gasteiger partial charge on any atom is -0.465 e. The van der Waals surface area contributed by atoms with E-state index in [0.29, 0.717) is 17.9 Å². The fourth-order valence-corrected chi connectivity index (χ4v) is 3.85. The Morgan fingerprint density at radius 2 is 1.83 bits per heavy atom. The largest absolute Gasteiger partial charge is 0.465 e. The number of pyridine rings is 1. The van der Waals surface area contributed by atoms with E-state index < -0.39 is 0 Å². The number of fused-ring (bicyclic) bond motifs is 3. The number of anilines is 1. The van der Waals surface area contributed by atoms with Crippen LogP contribution in [0, 0.1) is 0 Å². The number of hydrogen-bond acceptors (Lipinski definition) is 5. The molecule has 6 heteroatoms. The summed E-state index contributed by atoms with van der Waals surface area (Å²) in [7, 11) is 1.39. The molecule has 0 aliphatic rings. The number of methoxy groups -OCH3 is 1. The van der Waals surface area contributed by atoms with Crippen LogP contribution in [0.3, 0.4) is 0 Å². The van der Waals surface area contributed by atoms with E-state index >= 15 is 0 Å². The van der Waals surface area contributed by atoms with Gasteiger partial charge < -0.3 is 15.0 Å². The molecule has 0 radical (unpaired) electrons. The van der Waals surface area contributed by atoms with Gasteiger partial charge in [-0.1, -0.05) is 50.1 Å². The van der Waals surface area contributed by atoms with Gasteiger partial charge in [-0.2, -0.15) is 0 Å². The summed E-state index contributed by atoms with van der Waals surface area (Å²) in [5, 5.41) is 1.04. The minimum atomic E-state index is -0.334. The van der Waals surface area contributed by atoms with Crippen LogP contribution in [-0.2, 0) is 17.7 Å². The third kappa shape index (κ3) is 3.73. The molecule has 0 saturated heterocycles. The highest BCUT2D eigenvalue weighted by Gasteiger charge is 2.17. The Kier molecular flexibility index (Phi) is 5.65. The molecular weight excluding hydrogens is 376 g/mol. The first-order valence-corrected chi connectivity index (χ1v) is 10.3. The number of imidazole rings is 1. The van der Waals surface area contributed by atoms with Crippen molar-refractivity contribution < 1.29 is 9.53 Å². The average Bonchev–Trinajstić information content (AvgIpc) is 3.13. The van der Waals surface area contributed by atoms with Crippen molar-refractivity contribution in [2.75, 3.05) is 12.8 Å². The molecule has 0 unspecified atom stereocenters. The van der Waals surface area contributed by atoms with Gasteiger partial charge in [0, 0.05) is 18.4 Å². The van der Waals surface area contributed by atoms with Gasteiger partial charge in [-0.05, 0) is 30.2 Å². The summed E-state index contributed by atoms with van der Waals surface area (Å²) in [6.07, 6.45) is 4.27. The average molecular weight is 402 g/mol. The minimum absolute atomic E-state index is 0.334. The standard InChI is InChI=1S/C24H26N4O2/c1-3-4-5-10-20-27-21-22(18-8-6-7-9-19(18)26-23(21)25)28(20)15-16-11-13-17(14-12-16)24(29)30-2/h6-9,11-14H,3-5,10,15H2,1-2H3,(H2,25,26). The molecule has 0 amide bonds. The molecule has 0 bridgehead atoms. The van der Waals surface area contributed by atoms with Crippen LogP contribution in [0.15, 0.2) is 48.5 Å². The monoisotopic (exact) mass is 402 g/mol. The molecule has 0 aliphatic carbocycles. The maximum atomic E-state index is 11.7. The van der Waals surface area contributed by atoms with E-state index in [1.54, 1.807) is 12.1 Å². The molecular formula is C24H26N4O2. The van der Waals surface area contributed by atoms with Crippen LogP contribution in [0.2, 0.25) is 0 Å². The number of aromatic nitrogens is 3. The summed E-state index contributed by atoms with van der Waals surface area (Å²) in [6, 6.07) is 15.5. The van der Waals surface area contributed by atoms with Gasteiger partial charge in [-0.3, -0.25) is 0 Å². The van der Waals surface area contributed by atoms with Gasteiger partial charge in [0.05, 0.1) is 23.7 Å². The maximum absolute atomic E-state index is 11.7. The highest BCUT2D eigenvalue weighted by molar-refractivity contribution is 6.06. The van der Waals surface area contributed by atoms with Gasteiger partial charge in [0.1, 0.15) is 11.3 Å². The molecule has 2 heterocycles. The quantitative estimate of drug-likeness (QED) is 0.357. The van der Waals surface area contributed by atoms with Crippen LogP contribution in [0.25, 0.3) is 21.9 Å². The number of unbranched alkanes of at least 4 members (excludes halogenated alkanes) is 2. The van der Waals surface area contributed by atoms with Gasteiger partial charge in [0.25, 0.3) is 0 Å². The Morgan fingerprint density at radius 1 is 1.07 bits per heavy atom. The summed E-state index contributed by atoms with van der Waals surface area (Å²) in [6.45, 7) is 2.84. The zero-order chi connectivity index (χ0) is 21.1. The molecule has 154 valence electrons. The summed E-state index contributed by atoms with van der Waals surface area (Å²) in [5.74, 6) is 1.14. The number of nitrogens with zero attached hydrogens (tertiary/aromatic N) is 3. The molecule has 0 spiro atoms. The van der Waals surface area contributed by atoms with Crippen LogP contribution >= 0.6 is 0 Å². The second-order valence-electron chi connectivity index (χ2n) is 7.47. The van der Waals surface area contributed by atoms with E-state index in [1.807, 2.05) is 30.3 Å². The van der Waals surface area contributed by atoms with E-state index in [2.05, 4.69) is 22.5 Å². The topological polar surface area (TPSA) is 83.0 Å². The molecule has 2 aromatic carbocycles. The first kappa shape index (κ1) is 19.9. The highest BCUT2D eigenvalue weighted by atomic mass is 16.5. The van der Waals surface area contributed by atoms with Crippen LogP contribution in [0.1, 0.15) is 47.9 Å². The molecule has 30 heavy (non-hydrogen) atoms. The molecule has 4 rings (SSSR count). The summed E-state index contributed by atoms with van der Waals surface area (Å²) < 4.78 is 7.05. The number of carbonyl (C=O) groups excluding carboxylic acids is 1. The Bertz CT molecular complexity index is 1200. The Morgan fingerprint density at radius 3 is 2.57 bits per heavy atom. The van der Waals surface area contributed by atoms with Crippen LogP contribution < -0.4 is 5.73 Å². The number of esters is 1. The van der Waals surface area contributed by atoms with Crippen molar-refractivity contribution in [3.05, 3.63) is 65.5 Å². The summed E-state index contributed by atoms with van der Waals surface area (Å²) in [5.41, 5.74) is 10.5. The summed E-state index contributed by atoms with van der Waals surface area (Å²) in [4.78, 5) is 21.2. The molecule has 2 aromatic heterocycles. The van der Waals surface area contributed by atoms with Crippen molar-refractivity contribution in [3.8, 4) is 0 Å². The number of nitrogens with two attached hydrogens (primary N) is 1. The van der Waals surface area contributed by atoms with Crippen molar-refractivity contribution in [1.29, 1.82) is 0 Å². The lowest BCUT2D eigenvalue weighted by atomic mass is 10.1. The smallest absolute Gasteiger partial charge is 0.337 e. The fraction of sp³-hybridized carbons (Fsp3) is 0.292. The lowest BCUT2D eigenvalue weighted by Crippen LogP contribution is -2.07. The predicted octanol–water partition coefficient (Wildman–Crippen LogP) is 4.73. The fourth-order valence-electron chi connectivity index (χ4n) is 3.85. The van der Waals surface area contributed by atoms with Crippen molar-refractivity contribution in [2.24, 2.45) is 0 Å². The molecule has 0 saturated carbocycles. The Hall–Kier alpha value is -3.41. The molecule has 4 aromatic rings. The van der Waals surface area contributed by atoms with E-state index in [-0.39, 0.29) is 5.97 Å². The first-order valence-electron chi connectivity index (χ1n) is 10.3. The molecule has 0 aliphatic heterocycles. The lowest BCUT2D eigenvalue weighted by molar-refractivity contribution is 0.0600. The first-order chi connectivity index (χ1) is 14.6. The maximum Gasteiger partial charge on any atom is 0.337 e.